The summed E-state index contributed by atoms with van der Waals surface area (Å²) in [6.07, 6.45) is 1.98. The van der Waals surface area contributed by atoms with Gasteiger partial charge in [-0.25, -0.2) is 4.68 Å². The quantitative estimate of drug-likeness (QED) is 0.716. The van der Waals surface area contributed by atoms with Crippen molar-refractivity contribution in [2.24, 2.45) is 0 Å². The fourth-order valence-electron chi connectivity index (χ4n) is 2.51. The fourth-order valence-corrected chi connectivity index (χ4v) is 2.51. The summed E-state index contributed by atoms with van der Waals surface area (Å²) in [5, 5.41) is 13.3. The van der Waals surface area contributed by atoms with E-state index in [2.05, 4.69) is 11.2 Å². The Kier molecular flexibility index (Phi) is 4.66. The van der Waals surface area contributed by atoms with Crippen molar-refractivity contribution in [3.8, 4) is 23.2 Å². The standard InChI is InChI=1S/C19H18N4O2/c1-14-9-10-17(25-14)18-16(19(24)22(2)12-6-11-20)13-23(21-18)15-7-4-3-5-8-15/h3-5,7-10,13H,6,12H2,1-2H3. The average molecular weight is 334 g/mol. The molecule has 2 aromatic heterocycles. The molecule has 0 saturated carbocycles. The van der Waals surface area contributed by atoms with Crippen LogP contribution in [0.2, 0.25) is 0 Å². The molecular formula is C19H18N4O2. The average Bonchev–Trinajstić information content (AvgIpc) is 3.26. The summed E-state index contributed by atoms with van der Waals surface area (Å²) in [7, 11) is 1.68. The van der Waals surface area contributed by atoms with Gasteiger partial charge < -0.3 is 9.32 Å². The number of amides is 1. The summed E-state index contributed by atoms with van der Waals surface area (Å²) >= 11 is 0. The molecule has 3 aromatic rings. The number of aryl methyl sites for hydroxylation is 1. The van der Waals surface area contributed by atoms with Gasteiger partial charge in [0.2, 0.25) is 0 Å². The van der Waals surface area contributed by atoms with E-state index in [1.54, 1.807) is 24.0 Å². The topological polar surface area (TPSA) is 75.1 Å². The van der Waals surface area contributed by atoms with Crippen LogP contribution in [0.25, 0.3) is 17.1 Å². The summed E-state index contributed by atoms with van der Waals surface area (Å²) in [4.78, 5) is 14.3. The van der Waals surface area contributed by atoms with Crippen LogP contribution in [0.1, 0.15) is 22.5 Å². The third-order valence-corrected chi connectivity index (χ3v) is 3.84. The van der Waals surface area contributed by atoms with Gasteiger partial charge in [0.1, 0.15) is 11.5 Å². The van der Waals surface area contributed by atoms with E-state index in [4.69, 9.17) is 9.68 Å². The molecule has 0 fully saturated rings. The Hall–Kier alpha value is -3.33. The van der Waals surface area contributed by atoms with Crippen molar-refractivity contribution in [3.63, 3.8) is 0 Å². The van der Waals surface area contributed by atoms with E-state index >= 15 is 0 Å². The van der Waals surface area contributed by atoms with Gasteiger partial charge in [0.25, 0.3) is 5.91 Å². The van der Waals surface area contributed by atoms with Crippen LogP contribution in [0.15, 0.2) is 53.1 Å². The lowest BCUT2D eigenvalue weighted by Crippen LogP contribution is -2.27. The van der Waals surface area contributed by atoms with Crippen molar-refractivity contribution in [2.75, 3.05) is 13.6 Å². The second kappa shape index (κ2) is 7.05. The predicted octanol–water partition coefficient (Wildman–Crippen LogP) is 3.43. The van der Waals surface area contributed by atoms with E-state index in [9.17, 15) is 4.79 Å². The van der Waals surface area contributed by atoms with E-state index < -0.39 is 0 Å². The number of nitriles is 1. The normalized spacial score (nSPS) is 10.4. The molecule has 0 saturated heterocycles. The number of para-hydroxylation sites is 1. The van der Waals surface area contributed by atoms with E-state index in [1.165, 1.54) is 4.90 Å². The highest BCUT2D eigenvalue weighted by atomic mass is 16.3. The number of rotatable bonds is 5. The maximum atomic E-state index is 12.8. The van der Waals surface area contributed by atoms with Crippen molar-refractivity contribution in [3.05, 3.63) is 60.0 Å². The van der Waals surface area contributed by atoms with Crippen LogP contribution < -0.4 is 0 Å². The maximum absolute atomic E-state index is 12.8. The van der Waals surface area contributed by atoms with E-state index in [-0.39, 0.29) is 12.3 Å². The first-order valence-electron chi connectivity index (χ1n) is 7.94. The number of benzene rings is 1. The minimum atomic E-state index is -0.193. The van der Waals surface area contributed by atoms with Crippen LogP contribution in [0, 0.1) is 18.3 Å². The van der Waals surface area contributed by atoms with Crippen molar-refractivity contribution in [1.82, 2.24) is 14.7 Å². The van der Waals surface area contributed by atoms with Gasteiger partial charge in [-0.3, -0.25) is 4.79 Å². The van der Waals surface area contributed by atoms with Gasteiger partial charge in [0.05, 0.1) is 23.7 Å². The molecule has 6 nitrogen and oxygen atoms in total. The number of aromatic nitrogens is 2. The molecule has 1 amide bonds. The highest BCUT2D eigenvalue weighted by Crippen LogP contribution is 2.26. The zero-order chi connectivity index (χ0) is 17.8. The van der Waals surface area contributed by atoms with Crippen LogP contribution in [-0.2, 0) is 0 Å². The molecule has 25 heavy (non-hydrogen) atoms. The molecule has 0 bridgehead atoms. The minimum absolute atomic E-state index is 0.193. The molecular weight excluding hydrogens is 316 g/mol. The van der Waals surface area contributed by atoms with Crippen molar-refractivity contribution >= 4 is 5.91 Å². The van der Waals surface area contributed by atoms with Gasteiger partial charge >= 0.3 is 0 Å². The van der Waals surface area contributed by atoms with Gasteiger partial charge in [0, 0.05) is 19.8 Å². The van der Waals surface area contributed by atoms with Gasteiger partial charge in [-0.2, -0.15) is 10.4 Å². The van der Waals surface area contributed by atoms with Crippen LogP contribution >= 0.6 is 0 Å². The Bertz CT molecular complexity index is 919. The zero-order valence-electron chi connectivity index (χ0n) is 14.1. The molecule has 2 heterocycles. The number of hydrogen-bond acceptors (Lipinski definition) is 4. The molecule has 6 heteroatoms. The molecule has 0 unspecified atom stereocenters. The molecule has 0 radical (unpaired) electrons. The van der Waals surface area contributed by atoms with Crippen LogP contribution in [0.5, 0.6) is 0 Å². The predicted molar refractivity (Wildman–Crippen MR) is 93.2 cm³/mol. The van der Waals surface area contributed by atoms with Gasteiger partial charge in [-0.15, -0.1) is 0 Å². The Morgan fingerprint density at radius 1 is 1.28 bits per heavy atom. The summed E-state index contributed by atoms with van der Waals surface area (Å²) in [6, 6.07) is 15.3. The molecule has 126 valence electrons. The second-order valence-corrected chi connectivity index (χ2v) is 5.72. The SMILES string of the molecule is Cc1ccc(-c2nn(-c3ccccc3)cc2C(=O)N(C)CCC#N)o1. The van der Waals surface area contributed by atoms with Gasteiger partial charge in [-0.1, -0.05) is 18.2 Å². The highest BCUT2D eigenvalue weighted by molar-refractivity contribution is 5.99. The van der Waals surface area contributed by atoms with Crippen LogP contribution in [0.3, 0.4) is 0 Å². The third-order valence-electron chi connectivity index (χ3n) is 3.84. The fraction of sp³-hybridized carbons (Fsp3) is 0.211. The molecule has 0 aliphatic heterocycles. The first-order chi connectivity index (χ1) is 12.1. The van der Waals surface area contributed by atoms with E-state index in [1.807, 2.05) is 43.3 Å². The second-order valence-electron chi connectivity index (χ2n) is 5.72. The number of furan rings is 1. The van der Waals surface area contributed by atoms with E-state index in [0.717, 1.165) is 11.4 Å². The van der Waals surface area contributed by atoms with Gasteiger partial charge in [-0.05, 0) is 31.2 Å². The Morgan fingerprint density at radius 2 is 2.04 bits per heavy atom. The summed E-state index contributed by atoms with van der Waals surface area (Å²) in [5.74, 6) is 1.10. The highest BCUT2D eigenvalue weighted by Gasteiger charge is 2.23. The van der Waals surface area contributed by atoms with Crippen molar-refractivity contribution < 1.29 is 9.21 Å². The van der Waals surface area contributed by atoms with Crippen molar-refractivity contribution in [2.45, 2.75) is 13.3 Å². The summed E-state index contributed by atoms with van der Waals surface area (Å²) in [5.41, 5.74) is 1.79. The number of nitrogens with zero attached hydrogens (tertiary/aromatic N) is 4. The van der Waals surface area contributed by atoms with Crippen LogP contribution in [-0.4, -0.2) is 34.2 Å². The summed E-state index contributed by atoms with van der Waals surface area (Å²) in [6.45, 7) is 2.21. The summed E-state index contributed by atoms with van der Waals surface area (Å²) < 4.78 is 7.34. The Morgan fingerprint density at radius 3 is 2.68 bits per heavy atom. The number of hydrogen-bond donors (Lipinski definition) is 0. The lowest BCUT2D eigenvalue weighted by atomic mass is 10.2. The molecule has 0 aliphatic rings. The molecule has 0 aliphatic carbocycles. The van der Waals surface area contributed by atoms with Gasteiger partial charge in [0.15, 0.2) is 5.76 Å². The number of carbonyl (C=O) groups excluding carboxylic acids is 1. The molecule has 0 N–H and O–H groups in total. The van der Waals surface area contributed by atoms with E-state index in [0.29, 0.717) is 23.6 Å². The van der Waals surface area contributed by atoms with Crippen molar-refractivity contribution in [1.29, 1.82) is 5.26 Å². The minimum Gasteiger partial charge on any atom is -0.460 e. The molecule has 0 spiro atoms. The monoisotopic (exact) mass is 334 g/mol. The largest absolute Gasteiger partial charge is 0.460 e. The lowest BCUT2D eigenvalue weighted by molar-refractivity contribution is 0.0798. The Balaban J connectivity index is 2.04. The molecule has 1 aromatic carbocycles. The zero-order valence-corrected chi connectivity index (χ0v) is 14.1. The molecule has 0 atom stereocenters. The first-order valence-corrected chi connectivity index (χ1v) is 7.94. The lowest BCUT2D eigenvalue weighted by Gasteiger charge is -2.14. The first kappa shape index (κ1) is 16.5. The molecule has 3 rings (SSSR count). The third kappa shape index (κ3) is 3.45. The maximum Gasteiger partial charge on any atom is 0.257 e. The van der Waals surface area contributed by atoms with Crippen LogP contribution in [0.4, 0.5) is 0 Å². The smallest absolute Gasteiger partial charge is 0.257 e. The number of carbonyl (C=O) groups is 1. The Labute approximate surface area is 145 Å².